The number of benzene rings is 2. The van der Waals surface area contributed by atoms with Crippen LogP contribution in [0.3, 0.4) is 0 Å². The first-order valence-electron chi connectivity index (χ1n) is 8.14. The maximum absolute atomic E-state index is 11.5. The van der Waals surface area contributed by atoms with Gasteiger partial charge in [0.05, 0.1) is 5.69 Å². The lowest BCUT2D eigenvalue weighted by molar-refractivity contribution is -0.131. The smallest absolute Gasteiger partial charge is 0.308 e. The summed E-state index contributed by atoms with van der Waals surface area (Å²) in [4.78, 5) is 12.5. The molecule has 0 saturated carbocycles. The molecule has 0 aromatic heterocycles. The van der Waals surface area contributed by atoms with E-state index in [1.807, 2.05) is 24.3 Å². The van der Waals surface area contributed by atoms with Gasteiger partial charge in [-0.1, -0.05) is 19.9 Å². The van der Waals surface area contributed by atoms with Gasteiger partial charge in [-0.25, -0.2) is 0 Å². The van der Waals surface area contributed by atoms with Gasteiger partial charge in [0.25, 0.3) is 0 Å². The topological polar surface area (TPSA) is 88.2 Å². The summed E-state index contributed by atoms with van der Waals surface area (Å²) in [5.74, 6) is 1.10. The second kappa shape index (κ2) is 8.58. The van der Waals surface area contributed by atoms with E-state index >= 15 is 0 Å². The minimum absolute atomic E-state index is 0.0300. The van der Waals surface area contributed by atoms with E-state index in [9.17, 15) is 4.79 Å². The van der Waals surface area contributed by atoms with Crippen molar-refractivity contribution in [3.63, 3.8) is 0 Å². The van der Waals surface area contributed by atoms with Gasteiger partial charge in [0.15, 0.2) is 5.75 Å². The van der Waals surface area contributed by atoms with Gasteiger partial charge in [0, 0.05) is 23.1 Å². The highest BCUT2D eigenvalue weighted by Gasteiger charge is 2.16. The van der Waals surface area contributed by atoms with E-state index in [0.717, 1.165) is 28.4 Å². The Kier molecular flexibility index (Phi) is 6.47. The first kappa shape index (κ1) is 18.9. The minimum Gasteiger partial charge on any atom is -0.424 e. The molecular formula is C19H23N3O2S. The van der Waals surface area contributed by atoms with Gasteiger partial charge in [0.1, 0.15) is 5.84 Å². The van der Waals surface area contributed by atoms with E-state index in [1.165, 1.54) is 12.5 Å². The number of nitrogens with two attached hydrogens (primary N) is 1. The van der Waals surface area contributed by atoms with E-state index in [0.29, 0.717) is 11.3 Å². The Morgan fingerprint density at radius 1 is 1.20 bits per heavy atom. The zero-order valence-corrected chi connectivity index (χ0v) is 15.5. The number of thioether (sulfide) groups is 1. The molecule has 6 heteroatoms. The zero-order chi connectivity index (χ0) is 18.4. The SMILES string of the molecule is CCSc1c(CC)ccc(OC(C)=O)c1Nc1ccc(C(=N)N)cc1. The van der Waals surface area contributed by atoms with Crippen molar-refractivity contribution in [2.24, 2.45) is 5.73 Å². The number of anilines is 2. The lowest BCUT2D eigenvalue weighted by Crippen LogP contribution is -2.10. The summed E-state index contributed by atoms with van der Waals surface area (Å²) in [6, 6.07) is 11.1. The molecule has 0 amide bonds. The van der Waals surface area contributed by atoms with Crippen LogP contribution >= 0.6 is 11.8 Å². The Balaban J connectivity index is 2.47. The molecule has 0 atom stereocenters. The second-order valence-electron chi connectivity index (χ2n) is 5.42. The largest absolute Gasteiger partial charge is 0.424 e. The highest BCUT2D eigenvalue weighted by molar-refractivity contribution is 7.99. The number of carbonyl (C=O) groups is 1. The van der Waals surface area contributed by atoms with Gasteiger partial charge in [-0.15, -0.1) is 11.8 Å². The highest BCUT2D eigenvalue weighted by Crippen LogP contribution is 2.40. The van der Waals surface area contributed by atoms with Crippen LogP contribution in [0.1, 0.15) is 31.9 Å². The molecular weight excluding hydrogens is 334 g/mol. The average Bonchev–Trinajstić information content (AvgIpc) is 2.58. The van der Waals surface area contributed by atoms with Crippen LogP contribution in [0.15, 0.2) is 41.3 Å². The van der Waals surface area contributed by atoms with Crippen molar-refractivity contribution in [2.75, 3.05) is 11.1 Å². The van der Waals surface area contributed by atoms with Gasteiger partial charge in [0.2, 0.25) is 0 Å². The molecule has 132 valence electrons. The average molecular weight is 357 g/mol. The number of hydrogen-bond acceptors (Lipinski definition) is 5. The molecule has 0 heterocycles. The standard InChI is InChI=1S/C19H23N3O2S/c1-4-13-8-11-16(24-12(3)23)17(18(13)25-5-2)22-15-9-6-14(7-10-15)19(20)21/h6-11,22H,4-5H2,1-3H3,(H3,20,21). The normalized spacial score (nSPS) is 10.4. The predicted molar refractivity (Wildman–Crippen MR) is 104 cm³/mol. The van der Waals surface area contributed by atoms with Crippen LogP contribution < -0.4 is 15.8 Å². The molecule has 0 fully saturated rings. The Hall–Kier alpha value is -2.47. The third-order valence-electron chi connectivity index (χ3n) is 3.59. The van der Waals surface area contributed by atoms with Crippen molar-refractivity contribution >= 4 is 34.9 Å². The summed E-state index contributed by atoms with van der Waals surface area (Å²) >= 11 is 1.71. The molecule has 0 aliphatic carbocycles. The van der Waals surface area contributed by atoms with Crippen LogP contribution in [0.25, 0.3) is 0 Å². The third kappa shape index (κ3) is 4.76. The fourth-order valence-corrected chi connectivity index (χ4v) is 3.41. The predicted octanol–water partition coefficient (Wildman–Crippen LogP) is 4.31. The molecule has 2 aromatic rings. The summed E-state index contributed by atoms with van der Waals surface area (Å²) in [5, 5.41) is 10.8. The van der Waals surface area contributed by atoms with E-state index < -0.39 is 0 Å². The van der Waals surface area contributed by atoms with Crippen molar-refractivity contribution in [3.8, 4) is 5.75 Å². The molecule has 2 aromatic carbocycles. The summed E-state index contributed by atoms with van der Waals surface area (Å²) in [6.07, 6.45) is 0.890. The minimum atomic E-state index is -0.355. The van der Waals surface area contributed by atoms with Crippen molar-refractivity contribution in [1.29, 1.82) is 5.41 Å². The van der Waals surface area contributed by atoms with Crippen LogP contribution in [-0.2, 0) is 11.2 Å². The summed E-state index contributed by atoms with van der Waals surface area (Å²) in [6.45, 7) is 5.59. The number of aryl methyl sites for hydroxylation is 1. The Bertz CT molecular complexity index is 773. The molecule has 0 saturated heterocycles. The molecule has 25 heavy (non-hydrogen) atoms. The van der Waals surface area contributed by atoms with Crippen LogP contribution in [-0.4, -0.2) is 17.6 Å². The number of nitrogens with one attached hydrogen (secondary N) is 2. The maximum Gasteiger partial charge on any atom is 0.308 e. The highest BCUT2D eigenvalue weighted by atomic mass is 32.2. The quantitative estimate of drug-likeness (QED) is 0.226. The Morgan fingerprint density at radius 3 is 2.40 bits per heavy atom. The molecule has 0 unspecified atom stereocenters. The number of amidine groups is 1. The fourth-order valence-electron chi connectivity index (χ4n) is 2.43. The van der Waals surface area contributed by atoms with Crippen molar-refractivity contribution < 1.29 is 9.53 Å². The summed E-state index contributed by atoms with van der Waals surface area (Å²) < 4.78 is 5.40. The maximum atomic E-state index is 11.5. The van der Waals surface area contributed by atoms with E-state index in [1.54, 1.807) is 23.9 Å². The van der Waals surface area contributed by atoms with E-state index in [4.69, 9.17) is 15.9 Å². The third-order valence-corrected chi connectivity index (χ3v) is 4.63. The molecule has 2 rings (SSSR count). The van der Waals surface area contributed by atoms with Crippen molar-refractivity contribution in [2.45, 2.75) is 32.1 Å². The zero-order valence-electron chi connectivity index (χ0n) is 14.7. The Labute approximate surface area is 152 Å². The first-order chi connectivity index (χ1) is 12.0. The lowest BCUT2D eigenvalue weighted by atomic mass is 10.1. The second-order valence-corrected chi connectivity index (χ2v) is 6.70. The molecule has 0 bridgehead atoms. The molecule has 0 aliphatic heterocycles. The van der Waals surface area contributed by atoms with Gasteiger partial charge in [-0.05, 0) is 48.1 Å². The van der Waals surface area contributed by atoms with Gasteiger partial charge < -0.3 is 15.8 Å². The monoisotopic (exact) mass is 357 g/mol. The van der Waals surface area contributed by atoms with Crippen LogP contribution in [0.5, 0.6) is 5.75 Å². The number of nitrogen functional groups attached to an aromatic ring is 1. The Morgan fingerprint density at radius 2 is 1.88 bits per heavy atom. The van der Waals surface area contributed by atoms with Crippen LogP contribution in [0, 0.1) is 5.41 Å². The van der Waals surface area contributed by atoms with E-state index in [2.05, 4.69) is 19.2 Å². The van der Waals surface area contributed by atoms with Crippen LogP contribution in [0.2, 0.25) is 0 Å². The van der Waals surface area contributed by atoms with Crippen LogP contribution in [0.4, 0.5) is 11.4 Å². The molecule has 5 nitrogen and oxygen atoms in total. The molecule has 0 aliphatic rings. The lowest BCUT2D eigenvalue weighted by Gasteiger charge is -2.18. The molecule has 4 N–H and O–H groups in total. The number of rotatable bonds is 7. The van der Waals surface area contributed by atoms with Crippen molar-refractivity contribution in [3.05, 3.63) is 47.5 Å². The molecule has 0 radical (unpaired) electrons. The molecule has 0 spiro atoms. The van der Waals surface area contributed by atoms with Gasteiger partial charge in [-0.2, -0.15) is 0 Å². The summed E-state index contributed by atoms with van der Waals surface area (Å²) in [7, 11) is 0. The van der Waals surface area contributed by atoms with Crippen molar-refractivity contribution in [1.82, 2.24) is 0 Å². The van der Waals surface area contributed by atoms with Gasteiger partial charge >= 0.3 is 5.97 Å². The fraction of sp³-hybridized carbons (Fsp3) is 0.263. The number of hydrogen-bond donors (Lipinski definition) is 3. The van der Waals surface area contributed by atoms with Gasteiger partial charge in [-0.3, -0.25) is 10.2 Å². The number of ether oxygens (including phenoxy) is 1. The van der Waals surface area contributed by atoms with E-state index in [-0.39, 0.29) is 11.8 Å². The first-order valence-corrected chi connectivity index (χ1v) is 9.13. The number of carbonyl (C=O) groups excluding carboxylic acids is 1. The number of esters is 1. The summed E-state index contributed by atoms with van der Waals surface area (Å²) in [5.41, 5.74) is 8.99.